The fourth-order valence-electron chi connectivity index (χ4n) is 1.76. The molecule has 2 atom stereocenters. The summed E-state index contributed by atoms with van der Waals surface area (Å²) in [6.07, 6.45) is 6.85. The van der Waals surface area contributed by atoms with E-state index in [4.69, 9.17) is 4.74 Å². The summed E-state index contributed by atoms with van der Waals surface area (Å²) in [6, 6.07) is 0. The van der Waals surface area contributed by atoms with Crippen molar-refractivity contribution in [1.82, 2.24) is 0 Å². The molecule has 0 amide bonds. The van der Waals surface area contributed by atoms with Crippen LogP contribution in [0.3, 0.4) is 0 Å². The monoisotopic (exact) mass is 184 g/mol. The lowest BCUT2D eigenvalue weighted by molar-refractivity contribution is -0.112. The molecule has 1 fully saturated rings. The van der Waals surface area contributed by atoms with Crippen molar-refractivity contribution >= 4 is 6.29 Å². The third-order valence-corrected chi connectivity index (χ3v) is 2.91. The van der Waals surface area contributed by atoms with Crippen LogP contribution in [0.5, 0.6) is 0 Å². The van der Waals surface area contributed by atoms with E-state index in [1.165, 1.54) is 25.7 Å². The Bertz CT molecular complexity index is 161. The molecule has 1 aliphatic heterocycles. The van der Waals surface area contributed by atoms with Gasteiger partial charge in [0.15, 0.2) is 6.29 Å². The average Bonchev–Trinajstić information content (AvgIpc) is 2.93. The quantitative estimate of drug-likeness (QED) is 0.449. The van der Waals surface area contributed by atoms with Crippen molar-refractivity contribution in [2.75, 3.05) is 6.61 Å². The Morgan fingerprint density at radius 2 is 2.23 bits per heavy atom. The van der Waals surface area contributed by atoms with Crippen molar-refractivity contribution in [1.29, 1.82) is 0 Å². The van der Waals surface area contributed by atoms with Crippen LogP contribution in [0.15, 0.2) is 0 Å². The van der Waals surface area contributed by atoms with Gasteiger partial charge in [-0.15, -0.1) is 0 Å². The number of aldehydes is 1. The van der Waals surface area contributed by atoms with Crippen LogP contribution >= 0.6 is 0 Å². The van der Waals surface area contributed by atoms with Crippen molar-refractivity contribution in [3.05, 3.63) is 0 Å². The number of rotatable bonds is 7. The molecule has 0 N–H and O–H groups in total. The van der Waals surface area contributed by atoms with E-state index in [0.717, 1.165) is 12.7 Å². The fraction of sp³-hybridized carbons (Fsp3) is 0.909. The van der Waals surface area contributed by atoms with E-state index in [1.807, 2.05) is 0 Å². The lowest BCUT2D eigenvalue weighted by Gasteiger charge is -2.15. The first-order valence-corrected chi connectivity index (χ1v) is 5.36. The van der Waals surface area contributed by atoms with Crippen molar-refractivity contribution < 1.29 is 9.53 Å². The first kappa shape index (κ1) is 10.7. The van der Waals surface area contributed by atoms with E-state index in [1.54, 1.807) is 0 Å². The molecule has 2 unspecified atom stereocenters. The van der Waals surface area contributed by atoms with Crippen molar-refractivity contribution in [3.63, 3.8) is 0 Å². The number of hydrogen-bond acceptors (Lipinski definition) is 2. The van der Waals surface area contributed by atoms with Gasteiger partial charge in [0.25, 0.3) is 0 Å². The van der Waals surface area contributed by atoms with Gasteiger partial charge in [-0.2, -0.15) is 0 Å². The molecule has 0 aromatic carbocycles. The minimum absolute atomic E-state index is 0.367. The Kier molecular flexibility index (Phi) is 3.91. The van der Waals surface area contributed by atoms with E-state index in [-0.39, 0.29) is 5.60 Å². The Balaban J connectivity index is 2.26. The molecule has 0 bridgehead atoms. The van der Waals surface area contributed by atoms with E-state index in [9.17, 15) is 4.79 Å². The second-order valence-electron chi connectivity index (χ2n) is 4.09. The lowest BCUT2D eigenvalue weighted by Crippen LogP contribution is -2.18. The topological polar surface area (TPSA) is 29.6 Å². The predicted molar refractivity (Wildman–Crippen MR) is 52.7 cm³/mol. The molecular formula is C11H20O2. The first-order valence-electron chi connectivity index (χ1n) is 5.36. The van der Waals surface area contributed by atoms with Gasteiger partial charge in [-0.05, 0) is 12.3 Å². The summed E-state index contributed by atoms with van der Waals surface area (Å²) in [5.74, 6) is 0.674. The van der Waals surface area contributed by atoms with Crippen LogP contribution in [0.25, 0.3) is 0 Å². The van der Waals surface area contributed by atoms with Crippen molar-refractivity contribution in [3.8, 4) is 0 Å². The standard InChI is InChI=1S/C11H20O2/c1-3-5-6-10(4-2)7-11(8-12)9-13-11/h8,10H,3-7,9H2,1-2H3. The smallest absolute Gasteiger partial charge is 0.154 e. The molecule has 0 aromatic rings. The Hall–Kier alpha value is -0.370. The van der Waals surface area contributed by atoms with Gasteiger partial charge >= 0.3 is 0 Å². The predicted octanol–water partition coefficient (Wildman–Crippen LogP) is 2.56. The molecule has 76 valence electrons. The van der Waals surface area contributed by atoms with Crippen molar-refractivity contribution in [2.45, 2.75) is 51.6 Å². The van der Waals surface area contributed by atoms with Gasteiger partial charge in [0.05, 0.1) is 6.61 Å². The van der Waals surface area contributed by atoms with E-state index < -0.39 is 0 Å². The van der Waals surface area contributed by atoms with Gasteiger partial charge in [0.1, 0.15) is 5.60 Å². The van der Waals surface area contributed by atoms with E-state index >= 15 is 0 Å². The van der Waals surface area contributed by atoms with Gasteiger partial charge in [0, 0.05) is 0 Å². The molecule has 0 aliphatic carbocycles. The van der Waals surface area contributed by atoms with Crippen LogP contribution in [0.2, 0.25) is 0 Å². The minimum Gasteiger partial charge on any atom is -0.362 e. The highest BCUT2D eigenvalue weighted by molar-refractivity contribution is 5.66. The summed E-state index contributed by atoms with van der Waals surface area (Å²) in [5.41, 5.74) is -0.367. The molecule has 0 aromatic heterocycles. The largest absolute Gasteiger partial charge is 0.362 e. The maximum Gasteiger partial charge on any atom is 0.154 e. The summed E-state index contributed by atoms with van der Waals surface area (Å²) in [4.78, 5) is 10.7. The first-order chi connectivity index (χ1) is 6.26. The molecule has 1 rings (SSSR count). The van der Waals surface area contributed by atoms with Gasteiger partial charge < -0.3 is 9.53 Å². The SMILES string of the molecule is CCCCC(CC)CC1(C=O)CO1. The number of unbranched alkanes of at least 4 members (excludes halogenated alkanes) is 1. The molecule has 0 radical (unpaired) electrons. The molecule has 1 aliphatic rings. The van der Waals surface area contributed by atoms with Gasteiger partial charge in [-0.25, -0.2) is 0 Å². The number of hydrogen-bond donors (Lipinski definition) is 0. The van der Waals surface area contributed by atoms with Crippen LogP contribution in [0.1, 0.15) is 46.0 Å². The zero-order valence-corrected chi connectivity index (χ0v) is 8.71. The third-order valence-electron chi connectivity index (χ3n) is 2.91. The van der Waals surface area contributed by atoms with Gasteiger partial charge in [-0.3, -0.25) is 0 Å². The van der Waals surface area contributed by atoms with E-state index in [0.29, 0.717) is 12.5 Å². The summed E-state index contributed by atoms with van der Waals surface area (Å²) < 4.78 is 5.19. The number of ether oxygens (including phenoxy) is 1. The molecule has 0 saturated carbocycles. The van der Waals surface area contributed by atoms with Crippen LogP contribution < -0.4 is 0 Å². The van der Waals surface area contributed by atoms with Gasteiger partial charge in [0.2, 0.25) is 0 Å². The average molecular weight is 184 g/mol. The number of carbonyl (C=O) groups excluding carboxylic acids is 1. The molecule has 13 heavy (non-hydrogen) atoms. The molecular weight excluding hydrogens is 164 g/mol. The number of carbonyl (C=O) groups is 1. The highest BCUT2D eigenvalue weighted by atomic mass is 16.6. The minimum atomic E-state index is -0.367. The fourth-order valence-corrected chi connectivity index (χ4v) is 1.76. The van der Waals surface area contributed by atoms with Crippen LogP contribution in [-0.4, -0.2) is 18.5 Å². The zero-order valence-electron chi connectivity index (χ0n) is 8.71. The normalized spacial score (nSPS) is 28.5. The third kappa shape index (κ3) is 3.11. The summed E-state index contributed by atoms with van der Waals surface area (Å²) in [7, 11) is 0. The summed E-state index contributed by atoms with van der Waals surface area (Å²) >= 11 is 0. The molecule has 2 heteroatoms. The lowest BCUT2D eigenvalue weighted by atomic mass is 9.89. The molecule has 2 nitrogen and oxygen atoms in total. The van der Waals surface area contributed by atoms with Crippen molar-refractivity contribution in [2.24, 2.45) is 5.92 Å². The van der Waals surface area contributed by atoms with Crippen LogP contribution in [0, 0.1) is 5.92 Å². The highest BCUT2D eigenvalue weighted by Crippen LogP contribution is 2.34. The summed E-state index contributed by atoms with van der Waals surface area (Å²) in [6.45, 7) is 5.05. The highest BCUT2D eigenvalue weighted by Gasteiger charge is 2.45. The second-order valence-corrected chi connectivity index (χ2v) is 4.09. The molecule has 1 heterocycles. The Morgan fingerprint density at radius 1 is 1.54 bits per heavy atom. The summed E-state index contributed by atoms with van der Waals surface area (Å²) in [5, 5.41) is 0. The second kappa shape index (κ2) is 4.75. The Labute approximate surface area is 80.7 Å². The molecule has 1 saturated heterocycles. The maximum absolute atomic E-state index is 10.7. The Morgan fingerprint density at radius 3 is 2.62 bits per heavy atom. The molecule has 0 spiro atoms. The van der Waals surface area contributed by atoms with Crippen LogP contribution in [-0.2, 0) is 9.53 Å². The van der Waals surface area contributed by atoms with Gasteiger partial charge in [-0.1, -0.05) is 39.5 Å². The number of epoxide rings is 1. The zero-order chi connectivity index (χ0) is 9.73. The van der Waals surface area contributed by atoms with Crippen LogP contribution in [0.4, 0.5) is 0 Å². The van der Waals surface area contributed by atoms with E-state index in [2.05, 4.69) is 13.8 Å². The maximum atomic E-state index is 10.7.